The summed E-state index contributed by atoms with van der Waals surface area (Å²) < 4.78 is 30.0. The first-order chi connectivity index (χ1) is 14.1. The summed E-state index contributed by atoms with van der Waals surface area (Å²) in [6.07, 6.45) is 6.26. The molecule has 0 bridgehead atoms. The number of carboxylic acid groups (broad SMARTS) is 1. The van der Waals surface area contributed by atoms with E-state index in [-0.39, 0.29) is 25.5 Å². The molecular weight excluding hydrogens is 411 g/mol. The van der Waals surface area contributed by atoms with Gasteiger partial charge in [0, 0.05) is 38.6 Å². The van der Waals surface area contributed by atoms with Crippen LogP contribution in [0, 0.1) is 11.8 Å². The van der Waals surface area contributed by atoms with E-state index in [4.69, 9.17) is 15.8 Å². The van der Waals surface area contributed by atoms with Gasteiger partial charge in [-0.05, 0) is 31.5 Å². The second-order valence-electron chi connectivity index (χ2n) is 9.14. The number of aliphatic carboxylic acids is 1. The average Bonchev–Trinajstić information content (AvgIpc) is 2.99. The van der Waals surface area contributed by atoms with E-state index < -0.39 is 34.8 Å². The molecule has 12 heteroatoms. The van der Waals surface area contributed by atoms with E-state index in [1.807, 2.05) is 0 Å². The fourth-order valence-corrected chi connectivity index (χ4v) is 6.86. The average molecular weight is 446 g/mol. The Hall–Kier alpha value is -0.755. The summed E-state index contributed by atoms with van der Waals surface area (Å²) in [4.78, 5) is 11.9. The standard InChI is InChI=1S/C18H35BN4O6S/c20-18(17(24)25)13-22(12-15(18)7-4-8-19(26)27)30(28,29)23(16-9-21-10-16)11-14-5-2-1-3-6-14/h14-16,21,26-27H,1-13,20H2,(H,24,25)/t15-,18-/m0/s1. The zero-order valence-corrected chi connectivity index (χ0v) is 18.3. The Morgan fingerprint density at radius 1 is 1.23 bits per heavy atom. The van der Waals surface area contributed by atoms with Gasteiger partial charge < -0.3 is 26.2 Å². The quantitative estimate of drug-likeness (QED) is 0.269. The van der Waals surface area contributed by atoms with Gasteiger partial charge >= 0.3 is 13.1 Å². The van der Waals surface area contributed by atoms with Crippen molar-refractivity contribution in [2.75, 3.05) is 32.7 Å². The first-order valence-corrected chi connectivity index (χ1v) is 12.4. The second kappa shape index (κ2) is 9.80. The van der Waals surface area contributed by atoms with E-state index >= 15 is 0 Å². The van der Waals surface area contributed by atoms with Crippen LogP contribution in [0.1, 0.15) is 44.9 Å². The molecule has 2 heterocycles. The Labute approximate surface area is 179 Å². The van der Waals surface area contributed by atoms with E-state index in [1.54, 1.807) is 4.31 Å². The molecule has 2 atom stereocenters. The van der Waals surface area contributed by atoms with Crippen LogP contribution in [0.2, 0.25) is 6.32 Å². The van der Waals surface area contributed by atoms with Crippen molar-refractivity contribution < 1.29 is 28.4 Å². The van der Waals surface area contributed by atoms with Gasteiger partial charge in [-0.3, -0.25) is 4.79 Å². The molecule has 0 unspecified atom stereocenters. The van der Waals surface area contributed by atoms with Gasteiger partial charge in [-0.2, -0.15) is 17.0 Å². The lowest BCUT2D eigenvalue weighted by Gasteiger charge is -2.41. The maximum Gasteiger partial charge on any atom is 0.451 e. The number of rotatable bonds is 10. The monoisotopic (exact) mass is 446 g/mol. The van der Waals surface area contributed by atoms with Crippen LogP contribution < -0.4 is 11.1 Å². The number of nitrogens with one attached hydrogen (secondary N) is 1. The Morgan fingerprint density at radius 3 is 2.43 bits per heavy atom. The molecular formula is C18H35BN4O6S. The summed E-state index contributed by atoms with van der Waals surface area (Å²) >= 11 is 0. The maximum absolute atomic E-state index is 13.6. The molecule has 0 aromatic heterocycles. The summed E-state index contributed by atoms with van der Waals surface area (Å²) in [5.74, 6) is -1.47. The van der Waals surface area contributed by atoms with Crippen LogP contribution in [0.5, 0.6) is 0 Å². The molecule has 3 rings (SSSR count). The molecule has 3 aliphatic rings. The number of carboxylic acids is 1. The highest BCUT2D eigenvalue weighted by Gasteiger charge is 2.54. The Bertz CT molecular complexity index is 701. The number of hydrogen-bond donors (Lipinski definition) is 5. The van der Waals surface area contributed by atoms with Crippen LogP contribution in [0.25, 0.3) is 0 Å². The van der Waals surface area contributed by atoms with Crippen molar-refractivity contribution in [1.29, 1.82) is 0 Å². The van der Waals surface area contributed by atoms with Crippen LogP contribution in [0.15, 0.2) is 0 Å². The summed E-state index contributed by atoms with van der Waals surface area (Å²) in [6.45, 7) is 1.44. The van der Waals surface area contributed by atoms with Gasteiger partial charge in [-0.15, -0.1) is 0 Å². The molecule has 0 spiro atoms. The predicted molar refractivity (Wildman–Crippen MR) is 113 cm³/mol. The molecule has 0 aromatic rings. The molecule has 3 fully saturated rings. The third-order valence-electron chi connectivity index (χ3n) is 6.96. The van der Waals surface area contributed by atoms with Gasteiger partial charge in [0.15, 0.2) is 0 Å². The molecule has 0 amide bonds. The normalized spacial score (nSPS) is 29.3. The minimum atomic E-state index is -3.85. The molecule has 2 saturated heterocycles. The fraction of sp³-hybridized carbons (Fsp3) is 0.944. The minimum absolute atomic E-state index is 0.0357. The van der Waals surface area contributed by atoms with E-state index in [2.05, 4.69) is 5.32 Å². The molecule has 6 N–H and O–H groups in total. The van der Waals surface area contributed by atoms with Crippen LogP contribution in [0.3, 0.4) is 0 Å². The van der Waals surface area contributed by atoms with Crippen molar-refractivity contribution in [2.24, 2.45) is 17.6 Å². The van der Waals surface area contributed by atoms with Crippen molar-refractivity contribution >= 4 is 23.3 Å². The van der Waals surface area contributed by atoms with Crippen LogP contribution in [-0.4, -0.2) is 89.6 Å². The molecule has 2 aliphatic heterocycles. The predicted octanol–water partition coefficient (Wildman–Crippen LogP) is -0.948. The van der Waals surface area contributed by atoms with Gasteiger partial charge in [0.1, 0.15) is 5.54 Å². The molecule has 0 aromatic carbocycles. The van der Waals surface area contributed by atoms with Crippen molar-refractivity contribution in [1.82, 2.24) is 13.9 Å². The van der Waals surface area contributed by atoms with E-state index in [1.165, 1.54) is 10.7 Å². The van der Waals surface area contributed by atoms with Gasteiger partial charge in [0.25, 0.3) is 10.2 Å². The molecule has 10 nitrogen and oxygen atoms in total. The highest BCUT2D eigenvalue weighted by Crippen LogP contribution is 2.35. The van der Waals surface area contributed by atoms with Crippen LogP contribution in [-0.2, 0) is 15.0 Å². The van der Waals surface area contributed by atoms with Crippen molar-refractivity contribution in [3.05, 3.63) is 0 Å². The smallest absolute Gasteiger partial charge is 0.451 e. The highest BCUT2D eigenvalue weighted by molar-refractivity contribution is 7.86. The molecule has 172 valence electrons. The topological polar surface area (TPSA) is 156 Å². The van der Waals surface area contributed by atoms with E-state index in [0.29, 0.717) is 38.4 Å². The third kappa shape index (κ3) is 5.17. The second-order valence-corrected chi connectivity index (χ2v) is 11.0. The van der Waals surface area contributed by atoms with E-state index in [0.717, 1.165) is 25.7 Å². The zero-order valence-electron chi connectivity index (χ0n) is 17.4. The first kappa shape index (κ1) is 23.9. The van der Waals surface area contributed by atoms with E-state index in [9.17, 15) is 18.3 Å². The number of carbonyl (C=O) groups is 1. The Balaban J connectivity index is 1.75. The SMILES string of the molecule is N[C@@]1(C(=O)O)CN(S(=O)(=O)N(CC2CCCCC2)C2CNC2)C[C@@H]1CCCB(O)O. The number of nitrogens with zero attached hydrogens (tertiary/aromatic N) is 2. The highest BCUT2D eigenvalue weighted by atomic mass is 32.2. The number of hydrogen-bond acceptors (Lipinski definition) is 7. The lowest BCUT2D eigenvalue weighted by molar-refractivity contribution is -0.144. The Morgan fingerprint density at radius 2 is 1.90 bits per heavy atom. The minimum Gasteiger partial charge on any atom is -0.480 e. The maximum atomic E-state index is 13.6. The first-order valence-electron chi connectivity index (χ1n) is 11.0. The van der Waals surface area contributed by atoms with Gasteiger partial charge in [0.2, 0.25) is 0 Å². The van der Waals surface area contributed by atoms with Crippen molar-refractivity contribution in [2.45, 2.75) is 62.8 Å². The summed E-state index contributed by atoms with van der Waals surface area (Å²) in [5, 5.41) is 31.0. The third-order valence-corrected chi connectivity index (χ3v) is 8.93. The lowest BCUT2D eigenvalue weighted by atomic mass is 9.78. The largest absolute Gasteiger partial charge is 0.480 e. The van der Waals surface area contributed by atoms with Crippen molar-refractivity contribution in [3.63, 3.8) is 0 Å². The summed E-state index contributed by atoms with van der Waals surface area (Å²) in [5.41, 5.74) is 4.52. The van der Waals surface area contributed by atoms with Gasteiger partial charge in [0.05, 0.1) is 6.04 Å². The van der Waals surface area contributed by atoms with Crippen molar-refractivity contribution in [3.8, 4) is 0 Å². The van der Waals surface area contributed by atoms with Gasteiger partial charge in [-0.1, -0.05) is 25.7 Å². The molecule has 30 heavy (non-hydrogen) atoms. The molecule has 0 radical (unpaired) electrons. The molecule has 1 saturated carbocycles. The lowest BCUT2D eigenvalue weighted by Crippen LogP contribution is -2.62. The van der Waals surface area contributed by atoms with Crippen LogP contribution >= 0.6 is 0 Å². The fourth-order valence-electron chi connectivity index (χ4n) is 4.89. The Kier molecular flexibility index (Phi) is 7.81. The summed E-state index contributed by atoms with van der Waals surface area (Å²) in [6, 6.07) is -0.113. The summed E-state index contributed by atoms with van der Waals surface area (Å²) in [7, 11) is -5.33. The number of nitrogens with two attached hydrogens (primary N) is 1. The zero-order chi connectivity index (χ0) is 21.9. The molecule has 1 aliphatic carbocycles. The van der Waals surface area contributed by atoms with Gasteiger partial charge in [-0.25, -0.2) is 0 Å². The van der Waals surface area contributed by atoms with Crippen LogP contribution in [0.4, 0.5) is 0 Å².